The van der Waals surface area contributed by atoms with E-state index in [0.29, 0.717) is 12.1 Å². The van der Waals surface area contributed by atoms with Crippen molar-refractivity contribution in [1.29, 1.82) is 0 Å². The molecule has 1 aromatic rings. The molecule has 0 saturated carbocycles. The minimum atomic E-state index is -4.85. The van der Waals surface area contributed by atoms with Crippen molar-refractivity contribution in [3.8, 4) is 0 Å². The predicted octanol–water partition coefficient (Wildman–Crippen LogP) is 2.03. The SMILES string of the molecule is Cc1cc2c(cc1N)N(C(=O)C(F)(F)F)CC2. The third-order valence-electron chi connectivity index (χ3n) is 2.85. The lowest BCUT2D eigenvalue weighted by molar-refractivity contribution is -0.170. The van der Waals surface area contributed by atoms with Gasteiger partial charge in [-0.25, -0.2) is 0 Å². The van der Waals surface area contributed by atoms with Gasteiger partial charge in [0.1, 0.15) is 0 Å². The highest BCUT2D eigenvalue weighted by Gasteiger charge is 2.44. The second-order valence-electron chi connectivity index (χ2n) is 4.04. The number of amides is 1. The van der Waals surface area contributed by atoms with E-state index in [1.54, 1.807) is 13.0 Å². The second-order valence-corrected chi connectivity index (χ2v) is 4.04. The third kappa shape index (κ3) is 1.94. The average molecular weight is 244 g/mol. The molecule has 6 heteroatoms. The monoisotopic (exact) mass is 244 g/mol. The normalized spacial score (nSPS) is 14.9. The Bertz CT molecular complexity index is 482. The highest BCUT2D eigenvalue weighted by molar-refractivity contribution is 5.99. The number of benzene rings is 1. The molecule has 0 unspecified atom stereocenters. The molecule has 0 aliphatic carbocycles. The van der Waals surface area contributed by atoms with Crippen LogP contribution in [0.4, 0.5) is 24.5 Å². The molecular weight excluding hydrogens is 233 g/mol. The number of halogens is 3. The fourth-order valence-corrected chi connectivity index (χ4v) is 1.94. The van der Waals surface area contributed by atoms with Gasteiger partial charge >= 0.3 is 12.1 Å². The van der Waals surface area contributed by atoms with Crippen molar-refractivity contribution in [2.75, 3.05) is 17.2 Å². The first kappa shape index (κ1) is 11.8. The molecule has 1 aliphatic rings. The zero-order valence-electron chi connectivity index (χ0n) is 9.14. The molecule has 1 heterocycles. The standard InChI is InChI=1S/C11H11F3N2O/c1-6-4-7-2-3-16(9(7)5-8(6)15)10(17)11(12,13)14/h4-5H,2-3,15H2,1H3. The number of carbonyl (C=O) groups is 1. The van der Waals surface area contributed by atoms with Gasteiger partial charge in [-0.05, 0) is 30.5 Å². The number of fused-ring (bicyclic) bond motifs is 1. The number of alkyl halides is 3. The molecule has 1 aliphatic heterocycles. The maximum Gasteiger partial charge on any atom is 0.471 e. The van der Waals surface area contributed by atoms with Gasteiger partial charge in [0.2, 0.25) is 0 Å². The number of nitrogen functional groups attached to an aromatic ring is 1. The molecule has 0 spiro atoms. The van der Waals surface area contributed by atoms with Gasteiger partial charge < -0.3 is 10.6 Å². The summed E-state index contributed by atoms with van der Waals surface area (Å²) in [6, 6.07) is 3.16. The summed E-state index contributed by atoms with van der Waals surface area (Å²) < 4.78 is 37.1. The van der Waals surface area contributed by atoms with E-state index in [-0.39, 0.29) is 12.2 Å². The van der Waals surface area contributed by atoms with E-state index < -0.39 is 12.1 Å². The zero-order valence-corrected chi connectivity index (χ0v) is 9.14. The molecule has 3 nitrogen and oxygen atoms in total. The molecule has 1 aromatic carbocycles. The van der Waals surface area contributed by atoms with Crippen molar-refractivity contribution in [1.82, 2.24) is 0 Å². The van der Waals surface area contributed by atoms with Gasteiger partial charge in [0, 0.05) is 17.9 Å². The second kappa shape index (κ2) is 3.65. The quantitative estimate of drug-likeness (QED) is 0.710. The maximum atomic E-state index is 12.4. The van der Waals surface area contributed by atoms with Gasteiger partial charge in [-0.3, -0.25) is 4.79 Å². The Morgan fingerprint density at radius 2 is 2.06 bits per heavy atom. The number of rotatable bonds is 0. The molecule has 0 saturated heterocycles. The molecule has 92 valence electrons. The third-order valence-corrected chi connectivity index (χ3v) is 2.85. The molecular formula is C11H11F3N2O. The first-order valence-corrected chi connectivity index (χ1v) is 5.08. The topological polar surface area (TPSA) is 46.3 Å². The van der Waals surface area contributed by atoms with Crippen LogP contribution in [0, 0.1) is 6.92 Å². The van der Waals surface area contributed by atoms with Crippen molar-refractivity contribution >= 4 is 17.3 Å². The van der Waals surface area contributed by atoms with Crippen molar-refractivity contribution in [3.05, 3.63) is 23.3 Å². The fourth-order valence-electron chi connectivity index (χ4n) is 1.94. The molecule has 17 heavy (non-hydrogen) atoms. The summed E-state index contributed by atoms with van der Waals surface area (Å²) in [5.41, 5.74) is 7.85. The summed E-state index contributed by atoms with van der Waals surface area (Å²) in [5.74, 6) is -1.83. The van der Waals surface area contributed by atoms with E-state index in [4.69, 9.17) is 5.73 Å². The number of nitrogens with zero attached hydrogens (tertiary/aromatic N) is 1. The predicted molar refractivity (Wildman–Crippen MR) is 57.7 cm³/mol. The fraction of sp³-hybridized carbons (Fsp3) is 0.364. The number of hydrogen-bond acceptors (Lipinski definition) is 2. The summed E-state index contributed by atoms with van der Waals surface area (Å²) in [7, 11) is 0. The van der Waals surface area contributed by atoms with Crippen LogP contribution in [0.3, 0.4) is 0 Å². The Kier molecular flexibility index (Phi) is 2.52. The number of aryl methyl sites for hydroxylation is 1. The van der Waals surface area contributed by atoms with Gasteiger partial charge in [-0.15, -0.1) is 0 Å². The van der Waals surface area contributed by atoms with Crippen LogP contribution in [0.1, 0.15) is 11.1 Å². The van der Waals surface area contributed by atoms with Gasteiger partial charge in [0.25, 0.3) is 0 Å². The molecule has 0 radical (unpaired) electrons. The van der Waals surface area contributed by atoms with E-state index in [9.17, 15) is 18.0 Å². The van der Waals surface area contributed by atoms with Crippen LogP contribution < -0.4 is 10.6 Å². The van der Waals surface area contributed by atoms with Crippen LogP contribution in [-0.2, 0) is 11.2 Å². The Hall–Kier alpha value is -1.72. The molecule has 1 amide bonds. The Morgan fingerprint density at radius 3 is 2.65 bits per heavy atom. The lowest BCUT2D eigenvalue weighted by atomic mass is 10.1. The minimum Gasteiger partial charge on any atom is -0.398 e. The van der Waals surface area contributed by atoms with Crippen molar-refractivity contribution in [3.63, 3.8) is 0 Å². The van der Waals surface area contributed by atoms with Crippen LogP contribution in [0.15, 0.2) is 12.1 Å². The first-order chi connectivity index (χ1) is 7.80. The lowest BCUT2D eigenvalue weighted by Crippen LogP contribution is -2.40. The van der Waals surface area contributed by atoms with Crippen molar-refractivity contribution < 1.29 is 18.0 Å². The van der Waals surface area contributed by atoms with Gasteiger partial charge in [0.15, 0.2) is 0 Å². The molecule has 2 N–H and O–H groups in total. The van der Waals surface area contributed by atoms with Crippen LogP contribution in [0.25, 0.3) is 0 Å². The highest BCUT2D eigenvalue weighted by Crippen LogP contribution is 2.34. The lowest BCUT2D eigenvalue weighted by Gasteiger charge is -2.19. The first-order valence-electron chi connectivity index (χ1n) is 5.08. The Morgan fingerprint density at radius 1 is 1.41 bits per heavy atom. The number of anilines is 2. The van der Waals surface area contributed by atoms with Crippen LogP contribution in [0.2, 0.25) is 0 Å². The van der Waals surface area contributed by atoms with E-state index in [0.717, 1.165) is 16.0 Å². The van der Waals surface area contributed by atoms with E-state index in [2.05, 4.69) is 0 Å². The Labute approximate surface area is 96.0 Å². The van der Waals surface area contributed by atoms with Crippen LogP contribution >= 0.6 is 0 Å². The molecule has 2 rings (SSSR count). The van der Waals surface area contributed by atoms with Gasteiger partial charge in [-0.1, -0.05) is 6.07 Å². The van der Waals surface area contributed by atoms with E-state index in [1.165, 1.54) is 6.07 Å². The Balaban J connectivity index is 2.41. The maximum absolute atomic E-state index is 12.4. The van der Waals surface area contributed by atoms with Crippen LogP contribution in [-0.4, -0.2) is 18.6 Å². The number of carbonyl (C=O) groups excluding carboxylic acids is 1. The number of hydrogen-bond donors (Lipinski definition) is 1. The zero-order chi connectivity index (χ0) is 12.8. The van der Waals surface area contributed by atoms with Crippen LogP contribution in [0.5, 0.6) is 0 Å². The largest absolute Gasteiger partial charge is 0.471 e. The van der Waals surface area contributed by atoms with E-state index >= 15 is 0 Å². The summed E-state index contributed by atoms with van der Waals surface area (Å²) in [5, 5.41) is 0. The smallest absolute Gasteiger partial charge is 0.398 e. The molecule has 0 bridgehead atoms. The van der Waals surface area contributed by atoms with E-state index in [1.807, 2.05) is 0 Å². The highest BCUT2D eigenvalue weighted by atomic mass is 19.4. The van der Waals surface area contributed by atoms with Crippen molar-refractivity contribution in [2.45, 2.75) is 19.5 Å². The van der Waals surface area contributed by atoms with Gasteiger partial charge in [0.05, 0.1) is 0 Å². The average Bonchev–Trinajstić information content (AvgIpc) is 2.59. The summed E-state index contributed by atoms with van der Waals surface area (Å²) >= 11 is 0. The summed E-state index contributed by atoms with van der Waals surface area (Å²) in [6.45, 7) is 1.83. The molecule has 0 fully saturated rings. The number of nitrogens with two attached hydrogens (primary N) is 1. The molecule has 0 atom stereocenters. The molecule has 0 aromatic heterocycles. The summed E-state index contributed by atoms with van der Waals surface area (Å²) in [4.78, 5) is 11.9. The van der Waals surface area contributed by atoms with Crippen molar-refractivity contribution in [2.24, 2.45) is 0 Å². The van der Waals surface area contributed by atoms with Gasteiger partial charge in [-0.2, -0.15) is 13.2 Å². The summed E-state index contributed by atoms with van der Waals surface area (Å²) in [6.07, 6.45) is -4.42. The minimum absolute atomic E-state index is 0.0522.